The highest BCUT2D eigenvalue weighted by Crippen LogP contribution is 2.22. The van der Waals surface area contributed by atoms with Gasteiger partial charge in [-0.05, 0) is 35.7 Å². The Morgan fingerprint density at radius 3 is 2.23 bits per heavy atom. The van der Waals surface area contributed by atoms with Crippen molar-refractivity contribution >= 4 is 17.4 Å². The fraction of sp³-hybridized carbons (Fsp3) is 0.235. The van der Waals surface area contributed by atoms with Crippen molar-refractivity contribution in [3.8, 4) is 5.75 Å². The Morgan fingerprint density at radius 1 is 1.05 bits per heavy atom. The molecule has 2 aromatic rings. The van der Waals surface area contributed by atoms with Crippen LogP contribution in [0, 0.1) is 5.82 Å². The molecule has 0 spiro atoms. The highest BCUT2D eigenvalue weighted by atomic mass is 19.1. The van der Waals surface area contributed by atoms with Gasteiger partial charge in [-0.15, -0.1) is 0 Å². The average molecular weight is 302 g/mol. The smallest absolute Gasteiger partial charge is 0.323 e. The summed E-state index contributed by atoms with van der Waals surface area (Å²) in [4.78, 5) is 11.9. The van der Waals surface area contributed by atoms with Gasteiger partial charge in [-0.2, -0.15) is 0 Å². The first-order valence-electron chi connectivity index (χ1n) is 7.01. The molecule has 0 radical (unpaired) electrons. The topological polar surface area (TPSA) is 50.4 Å². The highest BCUT2D eigenvalue weighted by molar-refractivity contribution is 5.99. The molecule has 2 N–H and O–H groups in total. The number of benzene rings is 2. The van der Waals surface area contributed by atoms with Gasteiger partial charge in [0.2, 0.25) is 0 Å². The molecule has 0 aliphatic heterocycles. The lowest BCUT2D eigenvalue weighted by Gasteiger charge is -2.10. The number of hydrogen-bond donors (Lipinski definition) is 2. The Kier molecular flexibility index (Phi) is 4.99. The standard InChI is InChI=1S/C17H19FN2O2/c1-11(2)12-4-6-13(7-5-12)19-17(21)20-14-8-9-15(18)16(10-14)22-3/h4-11H,1-3H3,(H2,19,20,21). The van der Waals surface area contributed by atoms with Crippen LogP contribution >= 0.6 is 0 Å². The van der Waals surface area contributed by atoms with Crippen LogP contribution in [0.25, 0.3) is 0 Å². The van der Waals surface area contributed by atoms with E-state index in [-0.39, 0.29) is 5.75 Å². The van der Waals surface area contributed by atoms with E-state index in [0.717, 1.165) is 0 Å². The molecule has 5 heteroatoms. The van der Waals surface area contributed by atoms with E-state index in [2.05, 4.69) is 24.5 Å². The molecule has 0 bridgehead atoms. The number of carbonyl (C=O) groups excluding carboxylic acids is 1. The van der Waals surface area contributed by atoms with Crippen LogP contribution in [0.15, 0.2) is 42.5 Å². The molecular formula is C17H19FN2O2. The first-order chi connectivity index (χ1) is 10.5. The molecule has 0 atom stereocenters. The second kappa shape index (κ2) is 6.93. The molecule has 2 rings (SSSR count). The van der Waals surface area contributed by atoms with E-state index >= 15 is 0 Å². The number of methoxy groups -OCH3 is 1. The van der Waals surface area contributed by atoms with E-state index < -0.39 is 11.8 Å². The third kappa shape index (κ3) is 3.97. The largest absolute Gasteiger partial charge is 0.494 e. The van der Waals surface area contributed by atoms with Crippen LogP contribution in [0.3, 0.4) is 0 Å². The van der Waals surface area contributed by atoms with E-state index in [1.807, 2.05) is 24.3 Å². The van der Waals surface area contributed by atoms with E-state index in [9.17, 15) is 9.18 Å². The molecule has 0 fully saturated rings. The zero-order valence-corrected chi connectivity index (χ0v) is 12.8. The SMILES string of the molecule is COc1cc(NC(=O)Nc2ccc(C(C)C)cc2)ccc1F. The quantitative estimate of drug-likeness (QED) is 0.867. The van der Waals surface area contributed by atoms with Gasteiger partial charge in [0.25, 0.3) is 0 Å². The van der Waals surface area contributed by atoms with Crippen molar-refractivity contribution in [3.63, 3.8) is 0 Å². The molecule has 2 amide bonds. The number of urea groups is 1. The number of nitrogens with one attached hydrogen (secondary N) is 2. The van der Waals surface area contributed by atoms with Crippen molar-refractivity contribution < 1.29 is 13.9 Å². The maximum absolute atomic E-state index is 13.3. The predicted octanol–water partition coefficient (Wildman–Crippen LogP) is 4.60. The molecule has 22 heavy (non-hydrogen) atoms. The minimum absolute atomic E-state index is 0.0825. The van der Waals surface area contributed by atoms with Crippen LogP contribution in [0.4, 0.5) is 20.6 Å². The molecule has 0 heterocycles. The summed E-state index contributed by atoms with van der Waals surface area (Å²) in [5.74, 6) is 0.0476. The number of carbonyl (C=O) groups is 1. The van der Waals surface area contributed by atoms with Gasteiger partial charge in [-0.3, -0.25) is 0 Å². The van der Waals surface area contributed by atoms with Crippen LogP contribution in [-0.4, -0.2) is 13.1 Å². The third-order valence-corrected chi connectivity index (χ3v) is 3.24. The molecule has 0 aliphatic rings. The maximum Gasteiger partial charge on any atom is 0.323 e. The Balaban J connectivity index is 2.00. The summed E-state index contributed by atoms with van der Waals surface area (Å²) in [6.07, 6.45) is 0. The second-order valence-corrected chi connectivity index (χ2v) is 5.21. The monoisotopic (exact) mass is 302 g/mol. The lowest BCUT2D eigenvalue weighted by molar-refractivity contribution is 0.262. The minimum atomic E-state index is -0.474. The molecule has 2 aromatic carbocycles. The van der Waals surface area contributed by atoms with Gasteiger partial charge in [0.05, 0.1) is 7.11 Å². The molecule has 4 nitrogen and oxygen atoms in total. The summed E-state index contributed by atoms with van der Waals surface area (Å²) in [6, 6.07) is 11.4. The summed E-state index contributed by atoms with van der Waals surface area (Å²) in [6.45, 7) is 4.22. The van der Waals surface area contributed by atoms with Gasteiger partial charge >= 0.3 is 6.03 Å². The second-order valence-electron chi connectivity index (χ2n) is 5.21. The highest BCUT2D eigenvalue weighted by Gasteiger charge is 2.07. The Labute approximate surface area is 129 Å². The molecule has 116 valence electrons. The fourth-order valence-electron chi connectivity index (χ4n) is 1.98. The van der Waals surface area contributed by atoms with Crippen molar-refractivity contribution in [2.75, 3.05) is 17.7 Å². The van der Waals surface area contributed by atoms with E-state index in [1.165, 1.54) is 30.9 Å². The summed E-state index contributed by atoms with van der Waals surface area (Å²) in [5, 5.41) is 5.36. The average Bonchev–Trinajstić information content (AvgIpc) is 2.49. The van der Waals surface area contributed by atoms with Crippen molar-refractivity contribution in [3.05, 3.63) is 53.8 Å². The Bertz CT molecular complexity index is 654. The van der Waals surface area contributed by atoms with Gasteiger partial charge < -0.3 is 15.4 Å². The first-order valence-corrected chi connectivity index (χ1v) is 7.01. The van der Waals surface area contributed by atoms with Gasteiger partial charge in [0, 0.05) is 17.4 Å². The lowest BCUT2D eigenvalue weighted by atomic mass is 10.0. The van der Waals surface area contributed by atoms with Gasteiger partial charge in [0.15, 0.2) is 11.6 Å². The van der Waals surface area contributed by atoms with E-state index in [1.54, 1.807) is 0 Å². The maximum atomic E-state index is 13.3. The van der Waals surface area contributed by atoms with Crippen LogP contribution < -0.4 is 15.4 Å². The van der Waals surface area contributed by atoms with Gasteiger partial charge in [-0.1, -0.05) is 26.0 Å². The number of rotatable bonds is 4. The number of amides is 2. The number of halogens is 1. The molecule has 0 saturated heterocycles. The van der Waals surface area contributed by atoms with Crippen molar-refractivity contribution in [2.24, 2.45) is 0 Å². The fourth-order valence-corrected chi connectivity index (χ4v) is 1.98. The molecular weight excluding hydrogens is 283 g/mol. The Morgan fingerprint density at radius 2 is 1.64 bits per heavy atom. The summed E-state index contributed by atoms with van der Waals surface area (Å²) in [7, 11) is 1.37. The molecule has 0 unspecified atom stereocenters. The number of anilines is 2. The summed E-state index contributed by atoms with van der Waals surface area (Å²) >= 11 is 0. The molecule has 0 aromatic heterocycles. The van der Waals surface area contributed by atoms with E-state index in [4.69, 9.17) is 4.74 Å². The van der Waals surface area contributed by atoms with E-state index in [0.29, 0.717) is 17.3 Å². The van der Waals surface area contributed by atoms with Crippen molar-refractivity contribution in [1.29, 1.82) is 0 Å². The van der Waals surface area contributed by atoms with Crippen molar-refractivity contribution in [2.45, 2.75) is 19.8 Å². The van der Waals surface area contributed by atoms with Crippen LogP contribution in [0.5, 0.6) is 5.75 Å². The number of ether oxygens (including phenoxy) is 1. The van der Waals surface area contributed by atoms with Crippen LogP contribution in [0.1, 0.15) is 25.3 Å². The predicted molar refractivity (Wildman–Crippen MR) is 86.1 cm³/mol. The summed E-state index contributed by atoms with van der Waals surface area (Å²) in [5.41, 5.74) is 2.35. The van der Waals surface area contributed by atoms with Gasteiger partial charge in [-0.25, -0.2) is 9.18 Å². The normalized spacial score (nSPS) is 10.4. The van der Waals surface area contributed by atoms with Gasteiger partial charge in [0.1, 0.15) is 0 Å². The zero-order chi connectivity index (χ0) is 16.1. The van der Waals surface area contributed by atoms with Crippen LogP contribution in [-0.2, 0) is 0 Å². The Hall–Kier alpha value is -2.56. The third-order valence-electron chi connectivity index (χ3n) is 3.24. The summed E-state index contributed by atoms with van der Waals surface area (Å²) < 4.78 is 18.2. The first kappa shape index (κ1) is 15.8. The lowest BCUT2D eigenvalue weighted by Crippen LogP contribution is -2.19. The minimum Gasteiger partial charge on any atom is -0.494 e. The molecule has 0 saturated carbocycles. The van der Waals surface area contributed by atoms with Crippen molar-refractivity contribution in [1.82, 2.24) is 0 Å². The number of hydrogen-bond acceptors (Lipinski definition) is 2. The van der Waals surface area contributed by atoms with Crippen LogP contribution in [0.2, 0.25) is 0 Å². The zero-order valence-electron chi connectivity index (χ0n) is 12.8. The molecule has 0 aliphatic carbocycles.